The largest absolute Gasteiger partial charge is 0.378 e. The normalized spacial score (nSPS) is 10.1. The molecule has 1 heterocycles. The molecule has 6 nitrogen and oxygen atoms in total. The monoisotopic (exact) mass is 272 g/mol. The molecule has 0 saturated carbocycles. The van der Waals surface area contributed by atoms with Gasteiger partial charge in [-0.15, -0.1) is 0 Å². The average Bonchev–Trinajstić information content (AvgIpc) is 2.45. The minimum Gasteiger partial charge on any atom is -0.378 e. The van der Waals surface area contributed by atoms with Gasteiger partial charge in [0.25, 0.3) is 5.69 Å². The van der Waals surface area contributed by atoms with Crippen LogP contribution in [0.15, 0.2) is 42.7 Å². The molecule has 0 aliphatic heterocycles. The topological polar surface area (TPSA) is 71.3 Å². The number of aromatic nitrogens is 1. The molecular formula is C14H16N4O2. The Morgan fingerprint density at radius 2 is 1.95 bits per heavy atom. The van der Waals surface area contributed by atoms with Crippen LogP contribution in [-0.2, 0) is 6.54 Å². The molecule has 1 aromatic heterocycles. The van der Waals surface area contributed by atoms with Crippen LogP contribution >= 0.6 is 0 Å². The predicted octanol–water partition coefficient (Wildman–Crippen LogP) is 2.67. The highest BCUT2D eigenvalue weighted by molar-refractivity contribution is 5.68. The summed E-state index contributed by atoms with van der Waals surface area (Å²) in [6.07, 6.45) is 3.51. The summed E-state index contributed by atoms with van der Waals surface area (Å²) < 4.78 is 0. The maximum atomic E-state index is 10.6. The first-order valence-corrected chi connectivity index (χ1v) is 6.16. The van der Waals surface area contributed by atoms with Crippen molar-refractivity contribution in [3.8, 4) is 0 Å². The molecule has 0 aliphatic carbocycles. The van der Waals surface area contributed by atoms with Crippen LogP contribution in [0.5, 0.6) is 0 Å². The maximum absolute atomic E-state index is 10.6. The van der Waals surface area contributed by atoms with E-state index in [-0.39, 0.29) is 5.69 Å². The fourth-order valence-corrected chi connectivity index (χ4v) is 1.85. The second kappa shape index (κ2) is 6.01. The lowest BCUT2D eigenvalue weighted by molar-refractivity contribution is -0.384. The van der Waals surface area contributed by atoms with Crippen molar-refractivity contribution < 1.29 is 4.92 Å². The summed E-state index contributed by atoms with van der Waals surface area (Å²) in [4.78, 5) is 16.3. The zero-order valence-electron chi connectivity index (χ0n) is 11.4. The lowest BCUT2D eigenvalue weighted by Gasteiger charge is -2.17. The Hall–Kier alpha value is -2.63. The van der Waals surface area contributed by atoms with Gasteiger partial charge in [-0.1, -0.05) is 12.1 Å². The van der Waals surface area contributed by atoms with Crippen molar-refractivity contribution >= 4 is 17.1 Å². The van der Waals surface area contributed by atoms with Crippen molar-refractivity contribution in [3.63, 3.8) is 0 Å². The standard InChI is InChI=1S/C14H16N4O2/c1-17(2)14-7-8-15-10-13(14)16-9-11-3-5-12(6-4-11)18(19)20/h3-8,10,16H,9H2,1-2H3. The van der Waals surface area contributed by atoms with Gasteiger partial charge in [-0.05, 0) is 11.6 Å². The molecule has 0 saturated heterocycles. The molecule has 0 aliphatic rings. The van der Waals surface area contributed by atoms with Crippen molar-refractivity contribution in [2.45, 2.75) is 6.54 Å². The summed E-state index contributed by atoms with van der Waals surface area (Å²) in [6, 6.07) is 8.44. The SMILES string of the molecule is CN(C)c1ccncc1NCc1ccc([N+](=O)[O-])cc1. The third-order valence-corrected chi connectivity index (χ3v) is 2.91. The molecule has 2 rings (SSSR count). The first-order chi connectivity index (χ1) is 9.58. The number of hydrogen-bond acceptors (Lipinski definition) is 5. The van der Waals surface area contributed by atoms with Crippen LogP contribution in [0, 0.1) is 10.1 Å². The number of anilines is 2. The number of benzene rings is 1. The smallest absolute Gasteiger partial charge is 0.269 e. The van der Waals surface area contributed by atoms with Crippen molar-refractivity contribution in [1.82, 2.24) is 4.98 Å². The molecule has 0 radical (unpaired) electrons. The summed E-state index contributed by atoms with van der Waals surface area (Å²) in [5.74, 6) is 0. The Morgan fingerprint density at radius 3 is 2.55 bits per heavy atom. The van der Waals surface area contributed by atoms with Gasteiger partial charge in [-0.25, -0.2) is 0 Å². The second-order valence-electron chi connectivity index (χ2n) is 4.56. The number of hydrogen-bond donors (Lipinski definition) is 1. The third-order valence-electron chi connectivity index (χ3n) is 2.91. The summed E-state index contributed by atoms with van der Waals surface area (Å²) in [5.41, 5.74) is 3.05. The number of nitrogens with zero attached hydrogens (tertiary/aromatic N) is 3. The quantitative estimate of drug-likeness (QED) is 0.669. The summed E-state index contributed by atoms with van der Waals surface area (Å²) in [6.45, 7) is 0.588. The van der Waals surface area contributed by atoms with Crippen LogP contribution < -0.4 is 10.2 Å². The number of nitro benzene ring substituents is 1. The van der Waals surface area contributed by atoms with Gasteiger partial charge < -0.3 is 10.2 Å². The van der Waals surface area contributed by atoms with Crippen LogP contribution in [0.1, 0.15) is 5.56 Å². The summed E-state index contributed by atoms with van der Waals surface area (Å²) in [7, 11) is 3.93. The Kier molecular flexibility index (Phi) is 4.14. The lowest BCUT2D eigenvalue weighted by Crippen LogP contribution is -2.12. The van der Waals surface area contributed by atoms with E-state index >= 15 is 0 Å². The Morgan fingerprint density at radius 1 is 1.25 bits per heavy atom. The molecule has 1 aromatic carbocycles. The maximum Gasteiger partial charge on any atom is 0.269 e. The van der Waals surface area contributed by atoms with Gasteiger partial charge in [-0.3, -0.25) is 15.1 Å². The van der Waals surface area contributed by atoms with Crippen molar-refractivity contribution in [2.75, 3.05) is 24.3 Å². The number of nitrogens with one attached hydrogen (secondary N) is 1. The van der Waals surface area contributed by atoms with E-state index in [9.17, 15) is 10.1 Å². The highest BCUT2D eigenvalue weighted by atomic mass is 16.6. The fraction of sp³-hybridized carbons (Fsp3) is 0.214. The Labute approximate surface area is 117 Å². The Bertz CT molecular complexity index is 596. The van der Waals surface area contributed by atoms with Crippen molar-refractivity contribution in [1.29, 1.82) is 0 Å². The average molecular weight is 272 g/mol. The van der Waals surface area contributed by atoms with E-state index in [2.05, 4.69) is 10.3 Å². The van der Waals surface area contributed by atoms with Crippen LogP contribution in [0.2, 0.25) is 0 Å². The zero-order valence-corrected chi connectivity index (χ0v) is 11.4. The molecule has 0 bridgehead atoms. The molecule has 20 heavy (non-hydrogen) atoms. The number of non-ortho nitro benzene ring substituents is 1. The van der Waals surface area contributed by atoms with Crippen LogP contribution in [0.3, 0.4) is 0 Å². The third kappa shape index (κ3) is 3.23. The minimum absolute atomic E-state index is 0.101. The molecular weight excluding hydrogens is 256 g/mol. The Balaban J connectivity index is 2.07. The van der Waals surface area contributed by atoms with E-state index in [1.54, 1.807) is 24.5 Å². The van der Waals surface area contributed by atoms with Crippen molar-refractivity contribution in [2.24, 2.45) is 0 Å². The summed E-state index contributed by atoms with van der Waals surface area (Å²) in [5, 5.41) is 13.9. The van der Waals surface area contributed by atoms with E-state index in [1.807, 2.05) is 25.1 Å². The zero-order chi connectivity index (χ0) is 14.5. The lowest BCUT2D eigenvalue weighted by atomic mass is 10.2. The van der Waals surface area contributed by atoms with Crippen molar-refractivity contribution in [3.05, 3.63) is 58.4 Å². The highest BCUT2D eigenvalue weighted by Crippen LogP contribution is 2.23. The van der Waals surface area contributed by atoms with Crippen LogP contribution in [-0.4, -0.2) is 24.0 Å². The first kappa shape index (κ1) is 13.8. The number of rotatable bonds is 5. The van der Waals surface area contributed by atoms with Gasteiger partial charge in [0.2, 0.25) is 0 Å². The number of pyridine rings is 1. The van der Waals surface area contributed by atoms with Crippen LogP contribution in [0.4, 0.5) is 17.1 Å². The van der Waals surface area contributed by atoms with Gasteiger partial charge >= 0.3 is 0 Å². The van der Waals surface area contributed by atoms with E-state index in [0.29, 0.717) is 6.54 Å². The first-order valence-electron chi connectivity index (χ1n) is 6.16. The van der Waals surface area contributed by atoms with Crippen LogP contribution in [0.25, 0.3) is 0 Å². The molecule has 2 aromatic rings. The molecule has 104 valence electrons. The highest BCUT2D eigenvalue weighted by Gasteiger charge is 2.06. The second-order valence-corrected chi connectivity index (χ2v) is 4.56. The molecule has 0 atom stereocenters. The summed E-state index contributed by atoms with van der Waals surface area (Å²) >= 11 is 0. The van der Waals surface area contributed by atoms with Gasteiger partial charge in [0.1, 0.15) is 0 Å². The fourth-order valence-electron chi connectivity index (χ4n) is 1.85. The van der Waals surface area contributed by atoms with E-state index in [4.69, 9.17) is 0 Å². The molecule has 6 heteroatoms. The minimum atomic E-state index is -0.400. The van der Waals surface area contributed by atoms with E-state index < -0.39 is 4.92 Å². The molecule has 0 fully saturated rings. The molecule has 0 spiro atoms. The number of nitro groups is 1. The molecule has 0 amide bonds. The van der Waals surface area contributed by atoms with Gasteiger partial charge in [0.05, 0.1) is 22.5 Å². The van der Waals surface area contributed by atoms with Gasteiger partial charge in [-0.2, -0.15) is 0 Å². The van der Waals surface area contributed by atoms with Gasteiger partial charge in [0.15, 0.2) is 0 Å². The molecule has 0 unspecified atom stereocenters. The van der Waals surface area contributed by atoms with E-state index in [1.165, 1.54) is 12.1 Å². The van der Waals surface area contributed by atoms with Gasteiger partial charge in [0, 0.05) is 39.0 Å². The predicted molar refractivity (Wildman–Crippen MR) is 79.0 cm³/mol. The van der Waals surface area contributed by atoms with E-state index in [0.717, 1.165) is 16.9 Å². The molecule has 1 N–H and O–H groups in total.